The average molecular weight is 289 g/mol. The van der Waals surface area contributed by atoms with Crippen molar-refractivity contribution in [3.8, 4) is 0 Å². The number of para-hydroxylation sites is 1. The normalized spacial score (nSPS) is 21.0. The van der Waals surface area contributed by atoms with Crippen molar-refractivity contribution in [1.82, 2.24) is 10.2 Å². The Bertz CT molecular complexity index is 487. The molecule has 0 unspecified atom stereocenters. The largest absolute Gasteiger partial charge is 0.382 e. The van der Waals surface area contributed by atoms with Crippen LogP contribution in [0.5, 0.6) is 0 Å². The van der Waals surface area contributed by atoms with Gasteiger partial charge in [0, 0.05) is 30.9 Å². The maximum absolute atomic E-state index is 12.5. The minimum absolute atomic E-state index is 0.0400. The lowest BCUT2D eigenvalue weighted by Crippen LogP contribution is -2.40. The zero-order valence-electron chi connectivity index (χ0n) is 13.5. The summed E-state index contributed by atoms with van der Waals surface area (Å²) in [5.41, 5.74) is 2.21. The highest BCUT2D eigenvalue weighted by molar-refractivity contribution is 5.86. The SMILES string of the molecule is CC(C)N(C)CCNC(=O)[C@@H]1C[C@@H](C)Nc2ccccc21. The van der Waals surface area contributed by atoms with Crippen molar-refractivity contribution in [2.45, 2.75) is 45.2 Å². The first kappa shape index (κ1) is 15.8. The number of hydrogen-bond donors (Lipinski definition) is 2. The van der Waals surface area contributed by atoms with Crippen molar-refractivity contribution >= 4 is 11.6 Å². The fourth-order valence-corrected chi connectivity index (χ4v) is 2.72. The monoisotopic (exact) mass is 289 g/mol. The number of fused-ring (bicyclic) bond motifs is 1. The molecule has 1 amide bonds. The molecule has 4 nitrogen and oxygen atoms in total. The Labute approximate surface area is 127 Å². The molecule has 1 heterocycles. The number of likely N-dealkylation sites (N-methyl/N-ethyl adjacent to an activating group) is 1. The maximum atomic E-state index is 12.5. The van der Waals surface area contributed by atoms with Crippen LogP contribution in [-0.4, -0.2) is 43.0 Å². The lowest BCUT2D eigenvalue weighted by atomic mass is 9.87. The van der Waals surface area contributed by atoms with Gasteiger partial charge in [-0.25, -0.2) is 0 Å². The van der Waals surface area contributed by atoms with E-state index in [0.29, 0.717) is 18.6 Å². The molecule has 0 aromatic heterocycles. The Morgan fingerprint density at radius 1 is 1.43 bits per heavy atom. The molecule has 0 spiro atoms. The van der Waals surface area contributed by atoms with E-state index in [1.54, 1.807) is 0 Å². The number of nitrogens with one attached hydrogen (secondary N) is 2. The van der Waals surface area contributed by atoms with Gasteiger partial charge < -0.3 is 15.5 Å². The molecule has 0 bridgehead atoms. The van der Waals surface area contributed by atoms with Gasteiger partial charge in [-0.3, -0.25) is 4.79 Å². The van der Waals surface area contributed by atoms with Gasteiger partial charge in [0.15, 0.2) is 0 Å². The molecule has 2 N–H and O–H groups in total. The van der Waals surface area contributed by atoms with Crippen LogP contribution in [-0.2, 0) is 4.79 Å². The van der Waals surface area contributed by atoms with Crippen molar-refractivity contribution in [3.63, 3.8) is 0 Å². The van der Waals surface area contributed by atoms with E-state index in [9.17, 15) is 4.79 Å². The molecule has 2 atom stereocenters. The number of anilines is 1. The van der Waals surface area contributed by atoms with E-state index in [0.717, 1.165) is 24.2 Å². The summed E-state index contributed by atoms with van der Waals surface area (Å²) in [6.07, 6.45) is 0.850. The smallest absolute Gasteiger partial charge is 0.227 e. The van der Waals surface area contributed by atoms with Crippen molar-refractivity contribution in [1.29, 1.82) is 0 Å². The highest BCUT2D eigenvalue weighted by atomic mass is 16.1. The van der Waals surface area contributed by atoms with Crippen molar-refractivity contribution < 1.29 is 4.79 Å². The number of amides is 1. The molecular weight excluding hydrogens is 262 g/mol. The van der Waals surface area contributed by atoms with Crippen LogP contribution in [0.3, 0.4) is 0 Å². The third-order valence-electron chi connectivity index (χ3n) is 4.29. The first-order valence-corrected chi connectivity index (χ1v) is 7.82. The van der Waals surface area contributed by atoms with E-state index in [1.165, 1.54) is 0 Å². The van der Waals surface area contributed by atoms with Crippen molar-refractivity contribution in [2.24, 2.45) is 0 Å². The topological polar surface area (TPSA) is 44.4 Å². The summed E-state index contributed by atoms with van der Waals surface area (Å²) in [5.74, 6) is 0.106. The summed E-state index contributed by atoms with van der Waals surface area (Å²) < 4.78 is 0. The summed E-state index contributed by atoms with van der Waals surface area (Å²) in [7, 11) is 2.08. The average Bonchev–Trinajstić information content (AvgIpc) is 2.45. The van der Waals surface area contributed by atoms with E-state index in [1.807, 2.05) is 12.1 Å². The molecule has 1 aliphatic rings. The quantitative estimate of drug-likeness (QED) is 0.875. The molecule has 4 heteroatoms. The lowest BCUT2D eigenvalue weighted by Gasteiger charge is -2.31. The zero-order chi connectivity index (χ0) is 15.4. The fraction of sp³-hybridized carbons (Fsp3) is 0.588. The van der Waals surface area contributed by atoms with Crippen LogP contribution in [0.1, 0.15) is 38.7 Å². The maximum Gasteiger partial charge on any atom is 0.227 e. The molecule has 1 aromatic carbocycles. The molecular formula is C17H27N3O. The van der Waals surface area contributed by atoms with Crippen LogP contribution >= 0.6 is 0 Å². The Morgan fingerprint density at radius 3 is 2.86 bits per heavy atom. The molecule has 0 saturated heterocycles. The van der Waals surface area contributed by atoms with Crippen LogP contribution in [0.4, 0.5) is 5.69 Å². The van der Waals surface area contributed by atoms with Gasteiger partial charge in [0.05, 0.1) is 5.92 Å². The molecule has 21 heavy (non-hydrogen) atoms. The zero-order valence-corrected chi connectivity index (χ0v) is 13.5. The van der Waals surface area contributed by atoms with Gasteiger partial charge in [0.25, 0.3) is 0 Å². The van der Waals surface area contributed by atoms with Gasteiger partial charge in [-0.1, -0.05) is 18.2 Å². The minimum Gasteiger partial charge on any atom is -0.382 e. The first-order chi connectivity index (χ1) is 9.99. The summed E-state index contributed by atoms with van der Waals surface area (Å²) in [6, 6.07) is 8.95. The number of carbonyl (C=O) groups excluding carboxylic acids is 1. The van der Waals surface area contributed by atoms with E-state index in [4.69, 9.17) is 0 Å². The number of hydrogen-bond acceptors (Lipinski definition) is 3. The second kappa shape index (κ2) is 6.94. The molecule has 1 aromatic rings. The molecule has 0 radical (unpaired) electrons. The van der Waals surface area contributed by atoms with Crippen LogP contribution in [0.2, 0.25) is 0 Å². The first-order valence-electron chi connectivity index (χ1n) is 7.82. The predicted molar refractivity (Wildman–Crippen MR) is 87.7 cm³/mol. The van der Waals surface area contributed by atoms with Crippen LogP contribution in [0, 0.1) is 0 Å². The third-order valence-corrected chi connectivity index (χ3v) is 4.29. The Hall–Kier alpha value is -1.55. The highest BCUT2D eigenvalue weighted by Gasteiger charge is 2.29. The lowest BCUT2D eigenvalue weighted by molar-refractivity contribution is -0.122. The second-order valence-electron chi connectivity index (χ2n) is 6.29. The fourth-order valence-electron chi connectivity index (χ4n) is 2.72. The van der Waals surface area contributed by atoms with Gasteiger partial charge in [-0.2, -0.15) is 0 Å². The van der Waals surface area contributed by atoms with Crippen LogP contribution in [0.15, 0.2) is 24.3 Å². The standard InChI is InChI=1S/C17H27N3O/c1-12(2)20(4)10-9-18-17(21)15-11-13(3)19-16-8-6-5-7-14(15)16/h5-8,12-13,15,19H,9-11H2,1-4H3,(H,18,21)/t13-,15-/m1/s1. The Kier molecular flexibility index (Phi) is 5.23. The summed E-state index contributed by atoms with van der Waals surface area (Å²) >= 11 is 0. The highest BCUT2D eigenvalue weighted by Crippen LogP contribution is 2.33. The number of benzene rings is 1. The second-order valence-corrected chi connectivity index (χ2v) is 6.29. The van der Waals surface area contributed by atoms with Gasteiger partial charge >= 0.3 is 0 Å². The number of nitrogens with zero attached hydrogens (tertiary/aromatic N) is 1. The van der Waals surface area contributed by atoms with Crippen LogP contribution < -0.4 is 10.6 Å². The minimum atomic E-state index is -0.0400. The van der Waals surface area contributed by atoms with Gasteiger partial charge in [0.1, 0.15) is 0 Å². The van der Waals surface area contributed by atoms with Crippen molar-refractivity contribution in [3.05, 3.63) is 29.8 Å². The molecule has 2 rings (SSSR count). The third kappa shape index (κ3) is 3.97. The van der Waals surface area contributed by atoms with E-state index < -0.39 is 0 Å². The van der Waals surface area contributed by atoms with E-state index in [-0.39, 0.29) is 11.8 Å². The molecule has 1 aliphatic heterocycles. The molecule has 0 aliphatic carbocycles. The van der Waals surface area contributed by atoms with E-state index in [2.05, 4.69) is 55.5 Å². The summed E-state index contributed by atoms with van der Waals surface area (Å²) in [4.78, 5) is 14.7. The molecule has 0 saturated carbocycles. The summed E-state index contributed by atoms with van der Waals surface area (Å²) in [6.45, 7) is 8.03. The van der Waals surface area contributed by atoms with Crippen molar-refractivity contribution in [2.75, 3.05) is 25.5 Å². The molecule has 116 valence electrons. The molecule has 0 fully saturated rings. The Morgan fingerprint density at radius 2 is 2.14 bits per heavy atom. The summed E-state index contributed by atoms with van der Waals surface area (Å²) in [5, 5.41) is 6.54. The van der Waals surface area contributed by atoms with Gasteiger partial charge in [-0.15, -0.1) is 0 Å². The predicted octanol–water partition coefficient (Wildman–Crippen LogP) is 2.43. The Balaban J connectivity index is 1.96. The number of rotatable bonds is 5. The van der Waals surface area contributed by atoms with Gasteiger partial charge in [0.2, 0.25) is 5.91 Å². The van der Waals surface area contributed by atoms with Crippen LogP contribution in [0.25, 0.3) is 0 Å². The number of carbonyl (C=O) groups is 1. The van der Waals surface area contributed by atoms with Gasteiger partial charge in [-0.05, 0) is 45.9 Å². The van der Waals surface area contributed by atoms with E-state index >= 15 is 0 Å².